The molecule has 0 spiro atoms. The highest BCUT2D eigenvalue weighted by atomic mass is 19.1. The molecular formula is C20H15FN6O2. The summed E-state index contributed by atoms with van der Waals surface area (Å²) in [4.78, 5) is 8.31. The van der Waals surface area contributed by atoms with Crippen molar-refractivity contribution in [2.75, 3.05) is 18.5 Å². The molecule has 2 aliphatic rings. The van der Waals surface area contributed by atoms with Gasteiger partial charge in [-0.15, -0.1) is 10.2 Å². The molecule has 0 fully saturated rings. The summed E-state index contributed by atoms with van der Waals surface area (Å²) in [5, 5.41) is 11.6. The molecule has 8 nitrogen and oxygen atoms in total. The predicted octanol–water partition coefficient (Wildman–Crippen LogP) is 2.81. The Morgan fingerprint density at radius 1 is 1.14 bits per heavy atom. The number of nitrogens with one attached hydrogen (secondary N) is 1. The van der Waals surface area contributed by atoms with Crippen LogP contribution in [0.5, 0.6) is 11.5 Å². The number of nitrogens with zero attached hydrogens (tertiary/aromatic N) is 5. The van der Waals surface area contributed by atoms with Crippen LogP contribution >= 0.6 is 0 Å². The fourth-order valence-electron chi connectivity index (χ4n) is 4.02. The normalized spacial score (nSPS) is 17.2. The third-order valence-corrected chi connectivity index (χ3v) is 5.38. The number of halogens is 1. The Labute approximate surface area is 164 Å². The number of anilines is 1. The summed E-state index contributed by atoms with van der Waals surface area (Å²) in [6.07, 6.45) is 4.76. The molecule has 1 atom stereocenters. The van der Waals surface area contributed by atoms with E-state index in [1.807, 2.05) is 6.07 Å². The van der Waals surface area contributed by atoms with Gasteiger partial charge in [-0.2, -0.15) is 0 Å². The molecule has 0 bridgehead atoms. The maximum atomic E-state index is 14.6. The van der Waals surface area contributed by atoms with Gasteiger partial charge in [0.2, 0.25) is 0 Å². The molecule has 1 aromatic carbocycles. The van der Waals surface area contributed by atoms with Crippen molar-refractivity contribution in [2.24, 2.45) is 0 Å². The van der Waals surface area contributed by atoms with Gasteiger partial charge in [0.15, 0.2) is 17.2 Å². The van der Waals surface area contributed by atoms with Crippen LogP contribution in [0, 0.1) is 5.82 Å². The summed E-state index contributed by atoms with van der Waals surface area (Å²) in [5.41, 5.74) is 3.59. The lowest BCUT2D eigenvalue weighted by molar-refractivity contribution is 0.249. The summed E-state index contributed by atoms with van der Waals surface area (Å²) in [6.45, 7) is 1.13. The first-order valence-electron chi connectivity index (χ1n) is 9.23. The first kappa shape index (κ1) is 16.2. The molecular weight excluding hydrogens is 375 g/mol. The van der Waals surface area contributed by atoms with Gasteiger partial charge in [0.05, 0.1) is 24.8 Å². The number of hydrogen-bond acceptors (Lipinski definition) is 7. The standard InChI is InChI=1S/C20H15FN6O2/c21-14-1-2-16-18-11(7-28-16)8-29-17-5-12(15-3-4-22-9-24-15)19-26-25-10-27(19)20(17)23-6-13(14)18/h1-5,9-11,23H,6-8H2. The summed E-state index contributed by atoms with van der Waals surface area (Å²) in [7, 11) is 0. The molecule has 0 aliphatic carbocycles. The fraction of sp³-hybridized carbons (Fsp3) is 0.200. The van der Waals surface area contributed by atoms with E-state index in [9.17, 15) is 4.39 Å². The van der Waals surface area contributed by atoms with Gasteiger partial charge in [-0.25, -0.2) is 14.4 Å². The van der Waals surface area contributed by atoms with E-state index in [2.05, 4.69) is 25.5 Å². The van der Waals surface area contributed by atoms with Crippen molar-refractivity contribution in [3.8, 4) is 22.8 Å². The summed E-state index contributed by atoms with van der Waals surface area (Å²) < 4.78 is 28.4. The average molecular weight is 390 g/mol. The van der Waals surface area contributed by atoms with Gasteiger partial charge in [-0.1, -0.05) is 0 Å². The third-order valence-electron chi connectivity index (χ3n) is 5.38. The van der Waals surface area contributed by atoms with Crippen LogP contribution < -0.4 is 14.8 Å². The Balaban J connectivity index is 1.53. The van der Waals surface area contributed by atoms with Crippen LogP contribution in [0.15, 0.2) is 43.1 Å². The third kappa shape index (κ3) is 2.43. The van der Waals surface area contributed by atoms with E-state index in [-0.39, 0.29) is 11.7 Å². The molecule has 0 radical (unpaired) electrons. The Morgan fingerprint density at radius 3 is 2.90 bits per heavy atom. The van der Waals surface area contributed by atoms with Gasteiger partial charge in [0.25, 0.3) is 0 Å². The number of aromatic nitrogens is 5. The lowest BCUT2D eigenvalue weighted by atomic mass is 9.96. The number of benzene rings is 1. The van der Waals surface area contributed by atoms with Crippen LogP contribution in [0.3, 0.4) is 0 Å². The summed E-state index contributed by atoms with van der Waals surface area (Å²) in [6, 6.07) is 6.83. The predicted molar refractivity (Wildman–Crippen MR) is 101 cm³/mol. The Morgan fingerprint density at radius 2 is 2.03 bits per heavy atom. The second-order valence-electron chi connectivity index (χ2n) is 7.00. The highest BCUT2D eigenvalue weighted by Crippen LogP contribution is 2.41. The average Bonchev–Trinajstić information content (AvgIpc) is 3.40. The minimum absolute atomic E-state index is 0.0393. The van der Waals surface area contributed by atoms with Crippen molar-refractivity contribution in [1.29, 1.82) is 0 Å². The van der Waals surface area contributed by atoms with Crippen LogP contribution in [0.4, 0.5) is 10.2 Å². The number of fused-ring (bicyclic) bond motifs is 3. The van der Waals surface area contributed by atoms with Crippen LogP contribution in [-0.4, -0.2) is 37.8 Å². The number of pyridine rings is 1. The Hall–Kier alpha value is -3.75. The molecule has 0 saturated carbocycles. The van der Waals surface area contributed by atoms with Crippen molar-refractivity contribution >= 4 is 11.5 Å². The minimum atomic E-state index is -0.257. The van der Waals surface area contributed by atoms with Crippen LogP contribution in [0.25, 0.3) is 16.9 Å². The van der Waals surface area contributed by atoms with Crippen molar-refractivity contribution in [3.63, 3.8) is 0 Å². The topological polar surface area (TPSA) is 86.5 Å². The monoisotopic (exact) mass is 390 g/mol. The molecule has 29 heavy (non-hydrogen) atoms. The largest absolute Gasteiger partial charge is 0.493 e. The minimum Gasteiger partial charge on any atom is -0.493 e. The zero-order valence-electron chi connectivity index (χ0n) is 15.2. The summed E-state index contributed by atoms with van der Waals surface area (Å²) >= 11 is 0. The van der Waals surface area contributed by atoms with Gasteiger partial charge in [-0.3, -0.25) is 4.40 Å². The zero-order chi connectivity index (χ0) is 19.4. The Bertz CT molecular complexity index is 1240. The van der Waals surface area contributed by atoms with Gasteiger partial charge >= 0.3 is 0 Å². The quantitative estimate of drug-likeness (QED) is 0.535. The first-order valence-corrected chi connectivity index (χ1v) is 9.23. The van der Waals surface area contributed by atoms with Gasteiger partial charge in [-0.05, 0) is 24.3 Å². The molecule has 0 saturated heterocycles. The molecule has 0 amide bonds. The van der Waals surface area contributed by atoms with Crippen molar-refractivity contribution in [2.45, 2.75) is 12.5 Å². The van der Waals surface area contributed by atoms with Crippen molar-refractivity contribution < 1.29 is 13.9 Å². The number of ether oxygens (including phenoxy) is 2. The fourth-order valence-corrected chi connectivity index (χ4v) is 4.02. The number of hydrogen-bond donors (Lipinski definition) is 1. The van der Waals surface area contributed by atoms with Crippen LogP contribution in [0.2, 0.25) is 0 Å². The lowest BCUT2D eigenvalue weighted by Crippen LogP contribution is -2.13. The van der Waals surface area contributed by atoms with Crippen molar-refractivity contribution in [3.05, 3.63) is 60.1 Å². The van der Waals surface area contributed by atoms with E-state index in [4.69, 9.17) is 9.47 Å². The number of rotatable bonds is 1. The van der Waals surface area contributed by atoms with Crippen molar-refractivity contribution in [1.82, 2.24) is 24.6 Å². The van der Waals surface area contributed by atoms with E-state index >= 15 is 0 Å². The molecule has 2 aliphatic heterocycles. The molecule has 5 heterocycles. The Kier molecular flexibility index (Phi) is 3.43. The molecule has 4 aromatic rings. The zero-order valence-corrected chi connectivity index (χ0v) is 15.2. The molecule has 1 N–H and O–H groups in total. The van der Waals surface area contributed by atoms with Gasteiger partial charge in [0, 0.05) is 29.4 Å². The highest BCUT2D eigenvalue weighted by molar-refractivity contribution is 5.79. The maximum Gasteiger partial charge on any atom is 0.171 e. The smallest absolute Gasteiger partial charge is 0.171 e. The molecule has 3 aromatic heterocycles. The SMILES string of the molecule is Fc1ccc2c3c1CNc1c(cc(-c4ccncn4)c4nncn14)OCC3CO2. The van der Waals surface area contributed by atoms with Gasteiger partial charge in [0.1, 0.15) is 24.2 Å². The maximum absolute atomic E-state index is 14.6. The molecule has 1 unspecified atom stereocenters. The molecule has 6 rings (SSSR count). The van der Waals surface area contributed by atoms with E-state index in [1.165, 1.54) is 12.4 Å². The van der Waals surface area contributed by atoms with Gasteiger partial charge < -0.3 is 14.8 Å². The lowest BCUT2D eigenvalue weighted by Gasteiger charge is -2.16. The summed E-state index contributed by atoms with van der Waals surface area (Å²) in [5.74, 6) is 1.71. The van der Waals surface area contributed by atoms with E-state index in [0.29, 0.717) is 48.2 Å². The van der Waals surface area contributed by atoms with Crippen LogP contribution in [0.1, 0.15) is 17.0 Å². The second-order valence-corrected chi connectivity index (χ2v) is 7.00. The van der Waals surface area contributed by atoms with E-state index in [0.717, 1.165) is 16.9 Å². The molecule has 9 heteroatoms. The first-order chi connectivity index (χ1) is 14.3. The molecule has 144 valence electrons. The second kappa shape index (κ2) is 6.13. The van der Waals surface area contributed by atoms with E-state index < -0.39 is 0 Å². The highest BCUT2D eigenvalue weighted by Gasteiger charge is 2.31. The van der Waals surface area contributed by atoms with Crippen LogP contribution in [-0.2, 0) is 6.54 Å². The van der Waals surface area contributed by atoms with E-state index in [1.54, 1.807) is 29.1 Å².